The number of ether oxygens (including phenoxy) is 1. The van der Waals surface area contributed by atoms with Crippen molar-refractivity contribution >= 4 is 22.9 Å². The van der Waals surface area contributed by atoms with Gasteiger partial charge in [0.25, 0.3) is 5.24 Å². The number of carbonyl (C=O) groups is 2. The van der Waals surface area contributed by atoms with Crippen LogP contribution in [0.2, 0.25) is 0 Å². The second kappa shape index (κ2) is 10.2. The molecule has 7 heteroatoms. The second-order valence-electron chi connectivity index (χ2n) is 8.97. The Hall–Kier alpha value is -2.12. The van der Waals surface area contributed by atoms with Gasteiger partial charge in [0, 0.05) is 12.0 Å². The molecule has 4 rings (SSSR count). The topological polar surface area (TPSA) is 81.4 Å². The fraction of sp³-hybridized carbons (Fsp3) is 0.560. The van der Waals surface area contributed by atoms with E-state index < -0.39 is 0 Å². The smallest absolute Gasteiger partial charge is 0.286 e. The maximum absolute atomic E-state index is 11.8. The first-order valence-electron chi connectivity index (χ1n) is 11.6. The van der Waals surface area contributed by atoms with Crippen molar-refractivity contribution in [2.75, 3.05) is 0 Å². The zero-order chi connectivity index (χ0) is 22.7. The molecule has 1 aromatic heterocycles. The van der Waals surface area contributed by atoms with E-state index in [1.807, 2.05) is 0 Å². The molecule has 6 nitrogen and oxygen atoms in total. The molecular weight excluding hydrogens is 424 g/mol. The SMILES string of the molecule is CCc1oc(-c2ccc(C)c(C)c2)nc1CO[C@H]1CCC[C@@H](CCC2SC(=O)NC2=O)C1. The number of imide groups is 1. The van der Waals surface area contributed by atoms with Crippen LogP contribution in [0.5, 0.6) is 0 Å². The minimum atomic E-state index is -0.227. The maximum Gasteiger partial charge on any atom is 0.286 e. The third kappa shape index (κ3) is 5.44. The van der Waals surface area contributed by atoms with E-state index in [4.69, 9.17) is 14.1 Å². The molecule has 0 radical (unpaired) electrons. The van der Waals surface area contributed by atoms with Crippen molar-refractivity contribution < 1.29 is 18.7 Å². The van der Waals surface area contributed by atoms with E-state index in [1.165, 1.54) is 11.1 Å². The van der Waals surface area contributed by atoms with Crippen LogP contribution in [0.3, 0.4) is 0 Å². The first kappa shape index (κ1) is 23.1. The van der Waals surface area contributed by atoms with E-state index in [1.54, 1.807) is 0 Å². The van der Waals surface area contributed by atoms with Crippen LogP contribution in [0, 0.1) is 19.8 Å². The number of oxazole rings is 1. The first-order valence-corrected chi connectivity index (χ1v) is 12.5. The van der Waals surface area contributed by atoms with Crippen molar-refractivity contribution in [1.82, 2.24) is 10.3 Å². The number of rotatable bonds is 8. The average molecular weight is 457 g/mol. The van der Waals surface area contributed by atoms with Crippen LogP contribution in [0.1, 0.15) is 68.0 Å². The lowest BCUT2D eigenvalue weighted by atomic mass is 9.84. The van der Waals surface area contributed by atoms with Crippen molar-refractivity contribution in [2.24, 2.45) is 5.92 Å². The van der Waals surface area contributed by atoms with Gasteiger partial charge in [-0.2, -0.15) is 0 Å². The lowest BCUT2D eigenvalue weighted by Gasteiger charge is -2.29. The monoisotopic (exact) mass is 456 g/mol. The van der Waals surface area contributed by atoms with Gasteiger partial charge < -0.3 is 9.15 Å². The van der Waals surface area contributed by atoms with E-state index in [0.717, 1.165) is 73.7 Å². The molecule has 3 atom stereocenters. The summed E-state index contributed by atoms with van der Waals surface area (Å²) in [5.41, 5.74) is 4.37. The van der Waals surface area contributed by atoms with Gasteiger partial charge in [-0.05, 0) is 68.7 Å². The number of benzene rings is 1. The Bertz CT molecular complexity index is 986. The molecule has 1 aromatic carbocycles. The lowest BCUT2D eigenvalue weighted by molar-refractivity contribution is -0.119. The predicted octanol–water partition coefficient (Wildman–Crippen LogP) is 5.73. The first-order chi connectivity index (χ1) is 15.4. The minimum Gasteiger partial charge on any atom is -0.441 e. The van der Waals surface area contributed by atoms with E-state index in [0.29, 0.717) is 18.4 Å². The van der Waals surface area contributed by atoms with Crippen LogP contribution in [-0.2, 0) is 22.6 Å². The van der Waals surface area contributed by atoms with Gasteiger partial charge in [0.05, 0.1) is 18.0 Å². The highest BCUT2D eigenvalue weighted by Gasteiger charge is 2.32. The number of nitrogens with one attached hydrogen (secondary N) is 1. The predicted molar refractivity (Wildman–Crippen MR) is 125 cm³/mol. The largest absolute Gasteiger partial charge is 0.441 e. The Morgan fingerprint density at radius 2 is 2.03 bits per heavy atom. The summed E-state index contributed by atoms with van der Waals surface area (Å²) in [6.07, 6.45) is 7.03. The van der Waals surface area contributed by atoms with Crippen molar-refractivity contribution in [1.29, 1.82) is 0 Å². The van der Waals surface area contributed by atoms with Gasteiger partial charge in [-0.15, -0.1) is 0 Å². The Morgan fingerprint density at radius 1 is 1.19 bits per heavy atom. The molecule has 1 saturated heterocycles. The van der Waals surface area contributed by atoms with Crippen molar-refractivity contribution in [3.63, 3.8) is 0 Å². The third-order valence-electron chi connectivity index (χ3n) is 6.65. The van der Waals surface area contributed by atoms with Crippen molar-refractivity contribution in [2.45, 2.75) is 83.7 Å². The fourth-order valence-electron chi connectivity index (χ4n) is 4.59. The zero-order valence-corrected chi connectivity index (χ0v) is 19.9. The summed E-state index contributed by atoms with van der Waals surface area (Å²) in [7, 11) is 0. The van der Waals surface area contributed by atoms with Crippen LogP contribution < -0.4 is 5.32 Å². The van der Waals surface area contributed by atoms with Gasteiger partial charge in [0.15, 0.2) is 0 Å². The molecule has 1 aliphatic heterocycles. The maximum atomic E-state index is 11.8. The summed E-state index contributed by atoms with van der Waals surface area (Å²) in [5.74, 6) is 1.94. The van der Waals surface area contributed by atoms with Crippen molar-refractivity contribution in [3.8, 4) is 11.5 Å². The molecule has 0 spiro atoms. The van der Waals surface area contributed by atoms with Gasteiger partial charge in [0.1, 0.15) is 11.5 Å². The van der Waals surface area contributed by atoms with Crippen molar-refractivity contribution in [3.05, 3.63) is 40.8 Å². The molecule has 2 amide bonds. The van der Waals surface area contributed by atoms with E-state index in [-0.39, 0.29) is 22.5 Å². The Morgan fingerprint density at radius 3 is 2.75 bits per heavy atom. The Labute approximate surface area is 193 Å². The number of aryl methyl sites for hydroxylation is 3. The van der Waals surface area contributed by atoms with Gasteiger partial charge in [0.2, 0.25) is 11.8 Å². The molecule has 1 aliphatic carbocycles. The van der Waals surface area contributed by atoms with Gasteiger partial charge in [-0.1, -0.05) is 37.6 Å². The summed E-state index contributed by atoms with van der Waals surface area (Å²) < 4.78 is 12.3. The van der Waals surface area contributed by atoms with Crippen LogP contribution in [0.4, 0.5) is 4.79 Å². The fourth-order valence-corrected chi connectivity index (χ4v) is 5.43. The molecule has 172 valence electrons. The van der Waals surface area contributed by atoms with Gasteiger partial charge in [-0.25, -0.2) is 4.98 Å². The molecule has 1 N–H and O–H groups in total. The second-order valence-corrected chi connectivity index (χ2v) is 10.1. The molecule has 2 aliphatic rings. The molecule has 32 heavy (non-hydrogen) atoms. The van der Waals surface area contributed by atoms with Crippen LogP contribution >= 0.6 is 11.8 Å². The number of thioether (sulfide) groups is 1. The number of amides is 2. The summed E-state index contributed by atoms with van der Waals surface area (Å²) in [6, 6.07) is 6.27. The Balaban J connectivity index is 1.32. The molecule has 2 fully saturated rings. The number of carbonyl (C=O) groups excluding carboxylic acids is 2. The van der Waals surface area contributed by atoms with Gasteiger partial charge >= 0.3 is 0 Å². The lowest BCUT2D eigenvalue weighted by Crippen LogP contribution is -2.26. The quantitative estimate of drug-likeness (QED) is 0.546. The molecular formula is C25H32N2O4S. The highest BCUT2D eigenvalue weighted by Crippen LogP contribution is 2.33. The molecule has 2 aromatic rings. The summed E-state index contributed by atoms with van der Waals surface area (Å²) >= 11 is 1.13. The molecule has 0 bridgehead atoms. The highest BCUT2D eigenvalue weighted by molar-refractivity contribution is 8.15. The highest BCUT2D eigenvalue weighted by atomic mass is 32.2. The van der Waals surface area contributed by atoms with Crippen LogP contribution in [-0.4, -0.2) is 27.5 Å². The molecule has 1 saturated carbocycles. The van der Waals surface area contributed by atoms with E-state index >= 15 is 0 Å². The normalized spacial score (nSPS) is 23.5. The van der Waals surface area contributed by atoms with Crippen LogP contribution in [0.15, 0.2) is 22.6 Å². The number of nitrogens with zero attached hydrogens (tertiary/aromatic N) is 1. The third-order valence-corrected chi connectivity index (χ3v) is 7.70. The minimum absolute atomic E-state index is 0.138. The Kier molecular flexibility index (Phi) is 7.36. The molecule has 2 heterocycles. The summed E-state index contributed by atoms with van der Waals surface area (Å²) in [4.78, 5) is 27.9. The number of hydrogen-bond acceptors (Lipinski definition) is 6. The summed E-state index contributed by atoms with van der Waals surface area (Å²) in [6.45, 7) is 6.74. The molecule has 1 unspecified atom stereocenters. The zero-order valence-electron chi connectivity index (χ0n) is 19.1. The number of hydrogen-bond donors (Lipinski definition) is 1. The van der Waals surface area contributed by atoms with Crippen LogP contribution in [0.25, 0.3) is 11.5 Å². The standard InChI is InChI=1S/C25H32N2O4S/c1-4-21-20(26-24(31-21)18-10-8-15(2)16(3)12-18)14-30-19-7-5-6-17(13-19)9-11-22-23(28)27-25(29)32-22/h8,10,12,17,19,22H,4-7,9,11,13-14H2,1-3H3,(H,27,28,29)/t17-,19-,22?/m0/s1. The van der Waals surface area contributed by atoms with E-state index in [9.17, 15) is 9.59 Å². The van der Waals surface area contributed by atoms with Gasteiger partial charge in [-0.3, -0.25) is 14.9 Å². The number of aromatic nitrogens is 1. The average Bonchev–Trinajstić information content (AvgIpc) is 3.34. The summed E-state index contributed by atoms with van der Waals surface area (Å²) in [5, 5.41) is 1.93. The van der Waals surface area contributed by atoms with E-state index in [2.05, 4.69) is 44.3 Å².